The molecule has 22 heavy (non-hydrogen) atoms. The number of hydrogen-bond acceptors (Lipinski definition) is 5. The zero-order chi connectivity index (χ0) is 15.4. The maximum atomic E-state index is 9.61. The molecule has 1 aliphatic rings. The van der Waals surface area contributed by atoms with Crippen LogP contribution in [0, 0.1) is 0 Å². The molecule has 1 saturated heterocycles. The molecule has 0 aliphatic carbocycles. The molecule has 1 fully saturated rings. The number of rotatable bonds is 5. The third-order valence-corrected chi connectivity index (χ3v) is 4.13. The van der Waals surface area contributed by atoms with E-state index in [9.17, 15) is 5.11 Å². The van der Waals surface area contributed by atoms with Gasteiger partial charge in [-0.2, -0.15) is 4.98 Å². The summed E-state index contributed by atoms with van der Waals surface area (Å²) >= 11 is 6.14. The van der Waals surface area contributed by atoms with Crippen molar-refractivity contribution in [3.63, 3.8) is 0 Å². The Morgan fingerprint density at radius 3 is 2.95 bits per heavy atom. The minimum atomic E-state index is -0.258. The number of hydrogen-bond donors (Lipinski definition) is 2. The van der Waals surface area contributed by atoms with Gasteiger partial charge in [-0.25, -0.2) is 4.98 Å². The van der Waals surface area contributed by atoms with Crippen LogP contribution >= 0.6 is 11.6 Å². The van der Waals surface area contributed by atoms with Crippen molar-refractivity contribution in [1.82, 2.24) is 9.97 Å². The van der Waals surface area contributed by atoms with Gasteiger partial charge < -0.3 is 15.3 Å². The molecule has 0 saturated carbocycles. The van der Waals surface area contributed by atoms with Gasteiger partial charge in [0.25, 0.3) is 0 Å². The molecule has 1 aliphatic heterocycles. The number of aliphatic hydroxyl groups is 1. The van der Waals surface area contributed by atoms with E-state index in [1.807, 2.05) is 30.3 Å². The van der Waals surface area contributed by atoms with Crippen LogP contribution in [0.2, 0.25) is 5.02 Å². The van der Waals surface area contributed by atoms with Crippen molar-refractivity contribution in [2.24, 2.45) is 0 Å². The van der Waals surface area contributed by atoms with Crippen LogP contribution in [0.25, 0.3) is 0 Å². The van der Waals surface area contributed by atoms with E-state index in [1.54, 1.807) is 6.20 Å². The first-order valence-corrected chi connectivity index (χ1v) is 7.83. The Labute approximate surface area is 135 Å². The number of anilines is 2. The lowest BCUT2D eigenvalue weighted by molar-refractivity contribution is 0.198. The summed E-state index contributed by atoms with van der Waals surface area (Å²) in [6.07, 6.45) is 3.09. The van der Waals surface area contributed by atoms with Gasteiger partial charge in [-0.05, 0) is 30.5 Å². The van der Waals surface area contributed by atoms with E-state index < -0.39 is 0 Å². The van der Waals surface area contributed by atoms with E-state index in [0.717, 1.165) is 42.3 Å². The van der Waals surface area contributed by atoms with Crippen molar-refractivity contribution >= 4 is 23.4 Å². The summed E-state index contributed by atoms with van der Waals surface area (Å²) in [7, 11) is 0. The van der Waals surface area contributed by atoms with E-state index in [1.165, 1.54) is 0 Å². The number of aliphatic hydroxyl groups excluding tert-OH is 1. The molecule has 5 nitrogen and oxygen atoms in total. The topological polar surface area (TPSA) is 61.3 Å². The standard InChI is InChI=1S/C16H19ClN4O/c17-14-4-2-1-3-12(14)5-8-18-16-19-9-6-15(20-16)21-10-7-13(22)11-21/h1-4,6,9,13,22H,5,7-8,10-11H2,(H,18,19,20)/t13-/m1/s1. The van der Waals surface area contributed by atoms with Crippen LogP contribution in [0.3, 0.4) is 0 Å². The number of nitrogens with one attached hydrogen (secondary N) is 1. The van der Waals surface area contributed by atoms with Gasteiger partial charge in [-0.15, -0.1) is 0 Å². The highest BCUT2D eigenvalue weighted by atomic mass is 35.5. The Kier molecular flexibility index (Phi) is 4.75. The minimum Gasteiger partial charge on any atom is -0.391 e. The summed E-state index contributed by atoms with van der Waals surface area (Å²) < 4.78 is 0. The first-order chi connectivity index (χ1) is 10.7. The van der Waals surface area contributed by atoms with Crippen LogP contribution in [0.1, 0.15) is 12.0 Å². The predicted octanol–water partition coefficient (Wildman–Crippen LogP) is 2.36. The van der Waals surface area contributed by atoms with Gasteiger partial charge in [0, 0.05) is 30.9 Å². The molecule has 2 N–H and O–H groups in total. The molecular formula is C16H19ClN4O. The number of nitrogens with zero attached hydrogens (tertiary/aromatic N) is 3. The smallest absolute Gasteiger partial charge is 0.224 e. The molecule has 116 valence electrons. The van der Waals surface area contributed by atoms with Crippen LogP contribution < -0.4 is 10.2 Å². The number of halogens is 1. The lowest BCUT2D eigenvalue weighted by atomic mass is 10.1. The number of aromatic nitrogens is 2. The van der Waals surface area contributed by atoms with Gasteiger partial charge in [0.1, 0.15) is 5.82 Å². The van der Waals surface area contributed by atoms with Gasteiger partial charge in [0.05, 0.1) is 6.10 Å². The number of β-amino-alcohol motifs (C(OH)–C–C–N with tert-alkyl or cyclic N) is 1. The molecule has 1 aromatic heterocycles. The molecule has 0 radical (unpaired) electrons. The van der Waals surface area contributed by atoms with E-state index in [0.29, 0.717) is 12.5 Å². The normalized spacial score (nSPS) is 17.7. The van der Waals surface area contributed by atoms with E-state index in [2.05, 4.69) is 20.2 Å². The molecule has 6 heteroatoms. The lowest BCUT2D eigenvalue weighted by Crippen LogP contribution is -2.22. The second-order valence-corrected chi connectivity index (χ2v) is 5.80. The van der Waals surface area contributed by atoms with Crippen LogP contribution in [0.4, 0.5) is 11.8 Å². The largest absolute Gasteiger partial charge is 0.391 e. The van der Waals surface area contributed by atoms with Crippen molar-refractivity contribution in [3.05, 3.63) is 47.1 Å². The second kappa shape index (κ2) is 6.94. The Balaban J connectivity index is 1.58. The van der Waals surface area contributed by atoms with Gasteiger partial charge in [-0.1, -0.05) is 29.8 Å². The fraction of sp³-hybridized carbons (Fsp3) is 0.375. The van der Waals surface area contributed by atoms with Gasteiger partial charge in [-0.3, -0.25) is 0 Å². The summed E-state index contributed by atoms with van der Waals surface area (Å²) in [6.45, 7) is 2.18. The molecule has 0 spiro atoms. The van der Waals surface area contributed by atoms with Crippen molar-refractivity contribution in [2.75, 3.05) is 29.9 Å². The number of benzene rings is 1. The molecule has 0 bridgehead atoms. The third kappa shape index (κ3) is 3.67. The SMILES string of the molecule is O[C@@H]1CCN(c2ccnc(NCCc3ccccc3Cl)n2)C1. The average molecular weight is 319 g/mol. The van der Waals surface area contributed by atoms with E-state index >= 15 is 0 Å². The Bertz CT molecular complexity index is 637. The fourth-order valence-corrected chi connectivity index (χ4v) is 2.80. The van der Waals surface area contributed by atoms with Crippen LogP contribution in [-0.2, 0) is 6.42 Å². The van der Waals surface area contributed by atoms with Crippen molar-refractivity contribution in [2.45, 2.75) is 18.9 Å². The maximum Gasteiger partial charge on any atom is 0.224 e. The highest BCUT2D eigenvalue weighted by molar-refractivity contribution is 6.31. The molecule has 0 amide bonds. The summed E-state index contributed by atoms with van der Waals surface area (Å²) in [4.78, 5) is 10.8. The molecular weight excluding hydrogens is 300 g/mol. The Morgan fingerprint density at radius 1 is 1.32 bits per heavy atom. The lowest BCUT2D eigenvalue weighted by Gasteiger charge is -2.17. The Morgan fingerprint density at radius 2 is 2.18 bits per heavy atom. The van der Waals surface area contributed by atoms with Crippen molar-refractivity contribution in [3.8, 4) is 0 Å². The highest BCUT2D eigenvalue weighted by Crippen LogP contribution is 2.19. The quantitative estimate of drug-likeness (QED) is 0.886. The summed E-state index contributed by atoms with van der Waals surface area (Å²) in [6, 6.07) is 9.70. The average Bonchev–Trinajstić information content (AvgIpc) is 2.96. The first kappa shape index (κ1) is 15.1. The molecule has 1 aromatic carbocycles. The minimum absolute atomic E-state index is 0.258. The first-order valence-electron chi connectivity index (χ1n) is 7.46. The van der Waals surface area contributed by atoms with Gasteiger partial charge in [0.2, 0.25) is 5.95 Å². The summed E-state index contributed by atoms with van der Waals surface area (Å²) in [5, 5.41) is 13.6. The third-order valence-electron chi connectivity index (χ3n) is 3.76. The van der Waals surface area contributed by atoms with E-state index in [-0.39, 0.29) is 6.10 Å². The monoisotopic (exact) mass is 318 g/mol. The van der Waals surface area contributed by atoms with Crippen LogP contribution in [0.15, 0.2) is 36.5 Å². The Hall–Kier alpha value is -1.85. The van der Waals surface area contributed by atoms with Crippen molar-refractivity contribution in [1.29, 1.82) is 0 Å². The molecule has 3 rings (SSSR count). The molecule has 0 unspecified atom stereocenters. The van der Waals surface area contributed by atoms with Crippen molar-refractivity contribution < 1.29 is 5.11 Å². The predicted molar refractivity (Wildman–Crippen MR) is 88.5 cm³/mol. The highest BCUT2D eigenvalue weighted by Gasteiger charge is 2.21. The van der Waals surface area contributed by atoms with Crippen LogP contribution in [0.5, 0.6) is 0 Å². The van der Waals surface area contributed by atoms with Crippen LogP contribution in [-0.4, -0.2) is 40.8 Å². The fourth-order valence-electron chi connectivity index (χ4n) is 2.57. The molecule has 1 atom stereocenters. The molecule has 2 heterocycles. The van der Waals surface area contributed by atoms with Gasteiger partial charge in [0.15, 0.2) is 0 Å². The zero-order valence-corrected chi connectivity index (χ0v) is 13.0. The van der Waals surface area contributed by atoms with Gasteiger partial charge >= 0.3 is 0 Å². The second-order valence-electron chi connectivity index (χ2n) is 5.40. The van der Waals surface area contributed by atoms with E-state index in [4.69, 9.17) is 11.6 Å². The maximum absolute atomic E-state index is 9.61. The zero-order valence-electron chi connectivity index (χ0n) is 12.2. The molecule has 2 aromatic rings. The summed E-state index contributed by atoms with van der Waals surface area (Å²) in [5.41, 5.74) is 1.11. The summed E-state index contributed by atoms with van der Waals surface area (Å²) in [5.74, 6) is 1.46.